The zero-order valence-corrected chi connectivity index (χ0v) is 7.78. The fourth-order valence-corrected chi connectivity index (χ4v) is 1.02. The van der Waals surface area contributed by atoms with Gasteiger partial charge in [-0.25, -0.2) is 4.98 Å². The molecule has 0 atom stereocenters. The molecule has 0 aliphatic carbocycles. The lowest BCUT2D eigenvalue weighted by molar-refractivity contribution is -0.141. The van der Waals surface area contributed by atoms with E-state index in [1.807, 2.05) is 0 Å². The van der Waals surface area contributed by atoms with Crippen molar-refractivity contribution in [2.24, 2.45) is 5.11 Å². The van der Waals surface area contributed by atoms with E-state index in [1.165, 1.54) is 13.0 Å². The van der Waals surface area contributed by atoms with Crippen molar-refractivity contribution in [2.75, 3.05) is 0 Å². The normalized spacial score (nSPS) is 10.9. The van der Waals surface area contributed by atoms with Gasteiger partial charge in [0.1, 0.15) is 5.69 Å². The van der Waals surface area contributed by atoms with E-state index < -0.39 is 11.9 Å². The molecule has 0 amide bonds. The average molecular weight is 216 g/mol. The number of halogens is 3. The monoisotopic (exact) mass is 216 g/mol. The Morgan fingerprint density at radius 3 is 2.60 bits per heavy atom. The molecular formula is C8H7F3N4. The quantitative estimate of drug-likeness (QED) is 0.425. The molecule has 0 radical (unpaired) electrons. The SMILES string of the molecule is Cc1nc(C(F)(F)F)ccc1CN=[N+]=[N-]. The van der Waals surface area contributed by atoms with Gasteiger partial charge in [-0.05, 0) is 24.1 Å². The summed E-state index contributed by atoms with van der Waals surface area (Å²) in [4.78, 5) is 5.91. The average Bonchev–Trinajstić information content (AvgIpc) is 2.14. The van der Waals surface area contributed by atoms with Gasteiger partial charge in [0.25, 0.3) is 0 Å². The van der Waals surface area contributed by atoms with Crippen LogP contribution in [0.15, 0.2) is 17.2 Å². The van der Waals surface area contributed by atoms with Gasteiger partial charge in [-0.2, -0.15) is 13.2 Å². The number of aromatic nitrogens is 1. The third kappa shape index (κ3) is 2.85. The molecule has 1 aromatic rings. The third-order valence-electron chi connectivity index (χ3n) is 1.79. The first-order valence-electron chi connectivity index (χ1n) is 3.99. The standard InChI is InChI=1S/C8H7F3N4/c1-5-6(4-13-15-12)2-3-7(14-5)8(9,10)11/h2-3H,4H2,1H3. The summed E-state index contributed by atoms with van der Waals surface area (Å²) in [6.45, 7) is 1.45. The van der Waals surface area contributed by atoms with Crippen LogP contribution in [0.2, 0.25) is 0 Å². The Labute approximate surface area is 83.4 Å². The van der Waals surface area contributed by atoms with E-state index in [9.17, 15) is 13.2 Å². The maximum Gasteiger partial charge on any atom is 0.433 e. The number of pyridine rings is 1. The summed E-state index contributed by atoms with van der Waals surface area (Å²) >= 11 is 0. The summed E-state index contributed by atoms with van der Waals surface area (Å²) in [7, 11) is 0. The van der Waals surface area contributed by atoms with Crippen LogP contribution >= 0.6 is 0 Å². The van der Waals surface area contributed by atoms with Crippen molar-refractivity contribution < 1.29 is 13.2 Å². The van der Waals surface area contributed by atoms with E-state index in [0.717, 1.165) is 6.07 Å². The van der Waals surface area contributed by atoms with Crippen LogP contribution in [0.25, 0.3) is 10.4 Å². The largest absolute Gasteiger partial charge is 0.433 e. The van der Waals surface area contributed by atoms with E-state index in [0.29, 0.717) is 5.56 Å². The van der Waals surface area contributed by atoms with Gasteiger partial charge in [-0.1, -0.05) is 11.2 Å². The first-order valence-corrected chi connectivity index (χ1v) is 3.99. The molecule has 0 aromatic carbocycles. The molecule has 0 saturated heterocycles. The lowest BCUT2D eigenvalue weighted by Crippen LogP contribution is -2.09. The van der Waals surface area contributed by atoms with Crippen molar-refractivity contribution in [3.8, 4) is 0 Å². The Kier molecular flexibility index (Phi) is 3.16. The highest BCUT2D eigenvalue weighted by Gasteiger charge is 2.32. The van der Waals surface area contributed by atoms with Gasteiger partial charge >= 0.3 is 6.18 Å². The minimum atomic E-state index is -4.44. The highest BCUT2D eigenvalue weighted by atomic mass is 19.4. The Bertz CT molecular complexity index is 407. The Balaban J connectivity index is 3.03. The van der Waals surface area contributed by atoms with E-state index in [1.54, 1.807) is 0 Å². The zero-order valence-electron chi connectivity index (χ0n) is 7.78. The number of azide groups is 1. The topological polar surface area (TPSA) is 61.7 Å². The molecule has 0 aliphatic heterocycles. The van der Waals surface area contributed by atoms with Gasteiger partial charge in [0.05, 0.1) is 6.54 Å². The van der Waals surface area contributed by atoms with Crippen molar-refractivity contribution in [3.63, 3.8) is 0 Å². The van der Waals surface area contributed by atoms with Crippen LogP contribution in [0.5, 0.6) is 0 Å². The summed E-state index contributed by atoms with van der Waals surface area (Å²) in [5.41, 5.74) is 7.83. The summed E-state index contributed by atoms with van der Waals surface area (Å²) in [5.74, 6) is 0. The number of nitrogens with zero attached hydrogens (tertiary/aromatic N) is 4. The number of rotatable bonds is 2. The van der Waals surface area contributed by atoms with Crippen LogP contribution in [0.1, 0.15) is 17.0 Å². The lowest BCUT2D eigenvalue weighted by Gasteiger charge is -2.08. The number of hydrogen-bond acceptors (Lipinski definition) is 2. The minimum Gasteiger partial charge on any atom is -0.248 e. The highest BCUT2D eigenvalue weighted by molar-refractivity contribution is 5.23. The van der Waals surface area contributed by atoms with Crippen LogP contribution in [-0.4, -0.2) is 4.98 Å². The molecule has 0 bridgehead atoms. The molecule has 80 valence electrons. The van der Waals surface area contributed by atoms with Crippen molar-refractivity contribution in [1.29, 1.82) is 0 Å². The summed E-state index contributed by atoms with van der Waals surface area (Å²) in [5, 5.41) is 3.25. The number of alkyl halides is 3. The van der Waals surface area contributed by atoms with Gasteiger partial charge < -0.3 is 0 Å². The maximum atomic E-state index is 12.2. The van der Waals surface area contributed by atoms with E-state index >= 15 is 0 Å². The van der Waals surface area contributed by atoms with E-state index in [-0.39, 0.29) is 12.2 Å². The van der Waals surface area contributed by atoms with E-state index in [2.05, 4.69) is 15.0 Å². The number of hydrogen-bond donors (Lipinski definition) is 0. The van der Waals surface area contributed by atoms with Crippen LogP contribution < -0.4 is 0 Å². The second-order valence-corrected chi connectivity index (χ2v) is 2.83. The molecule has 0 fully saturated rings. The van der Waals surface area contributed by atoms with Gasteiger partial charge in [0.2, 0.25) is 0 Å². The van der Waals surface area contributed by atoms with Crippen LogP contribution in [0.4, 0.5) is 13.2 Å². The van der Waals surface area contributed by atoms with Gasteiger partial charge in [-0.3, -0.25) is 0 Å². The summed E-state index contributed by atoms with van der Waals surface area (Å²) in [6, 6.07) is 2.13. The molecule has 1 heterocycles. The smallest absolute Gasteiger partial charge is 0.248 e. The Hall–Kier alpha value is -1.75. The zero-order chi connectivity index (χ0) is 11.5. The fraction of sp³-hybridized carbons (Fsp3) is 0.375. The van der Waals surface area contributed by atoms with Crippen molar-refractivity contribution >= 4 is 0 Å². The van der Waals surface area contributed by atoms with Crippen molar-refractivity contribution in [2.45, 2.75) is 19.6 Å². The van der Waals surface area contributed by atoms with Crippen LogP contribution in [0.3, 0.4) is 0 Å². The summed E-state index contributed by atoms with van der Waals surface area (Å²) in [6.07, 6.45) is -4.44. The van der Waals surface area contributed by atoms with Gasteiger partial charge in [0.15, 0.2) is 0 Å². The number of aryl methyl sites for hydroxylation is 1. The molecule has 15 heavy (non-hydrogen) atoms. The molecule has 0 aliphatic rings. The van der Waals surface area contributed by atoms with Crippen LogP contribution in [0, 0.1) is 6.92 Å². The molecular weight excluding hydrogens is 209 g/mol. The van der Waals surface area contributed by atoms with Crippen LogP contribution in [-0.2, 0) is 12.7 Å². The second-order valence-electron chi connectivity index (χ2n) is 2.83. The van der Waals surface area contributed by atoms with E-state index in [4.69, 9.17) is 5.53 Å². The molecule has 7 heteroatoms. The Morgan fingerprint density at radius 2 is 2.13 bits per heavy atom. The predicted octanol–water partition coefficient (Wildman–Crippen LogP) is 3.22. The second kappa shape index (κ2) is 4.18. The van der Waals surface area contributed by atoms with Gasteiger partial charge in [-0.15, -0.1) is 0 Å². The first-order chi connectivity index (χ1) is 6.95. The third-order valence-corrected chi connectivity index (χ3v) is 1.79. The molecule has 0 unspecified atom stereocenters. The Morgan fingerprint density at radius 1 is 1.47 bits per heavy atom. The lowest BCUT2D eigenvalue weighted by atomic mass is 10.2. The molecule has 4 nitrogen and oxygen atoms in total. The first kappa shape index (κ1) is 11.3. The predicted molar refractivity (Wildman–Crippen MR) is 46.8 cm³/mol. The van der Waals surface area contributed by atoms with Gasteiger partial charge in [0, 0.05) is 10.6 Å². The van der Waals surface area contributed by atoms with Crippen molar-refractivity contribution in [1.82, 2.24) is 4.98 Å². The highest BCUT2D eigenvalue weighted by Crippen LogP contribution is 2.28. The minimum absolute atomic E-state index is 0.00741. The molecule has 0 spiro atoms. The summed E-state index contributed by atoms with van der Waals surface area (Å²) < 4.78 is 36.6. The molecule has 0 saturated carbocycles. The molecule has 1 aromatic heterocycles. The molecule has 1 rings (SSSR count). The maximum absolute atomic E-state index is 12.2. The molecule has 0 N–H and O–H groups in total. The van der Waals surface area contributed by atoms with Crippen molar-refractivity contribution in [3.05, 3.63) is 39.5 Å². The fourth-order valence-electron chi connectivity index (χ4n) is 1.02.